The fraction of sp³-hybridized carbons (Fsp3) is 0.312. The lowest BCUT2D eigenvalue weighted by molar-refractivity contribution is -0.141. The van der Waals surface area contributed by atoms with Crippen molar-refractivity contribution in [3.63, 3.8) is 0 Å². The molecule has 0 bridgehead atoms. The minimum atomic E-state index is -0.812. The lowest BCUT2D eigenvalue weighted by atomic mass is 10.00. The van der Waals surface area contributed by atoms with Gasteiger partial charge in [-0.05, 0) is 44.0 Å². The molecule has 0 amide bonds. The minimum absolute atomic E-state index is 0.449. The second-order valence-electron chi connectivity index (χ2n) is 5.17. The summed E-state index contributed by atoms with van der Waals surface area (Å²) in [5.41, 5.74) is 4.07. The number of carbonyl (C=O) groups is 1. The maximum absolute atomic E-state index is 11.0. The van der Waals surface area contributed by atoms with Gasteiger partial charge < -0.3 is 5.11 Å². The third kappa shape index (κ3) is 2.95. The maximum Gasteiger partial charge on any atom is 0.306 e. The average molecular weight is 283 g/mol. The second-order valence-corrected chi connectivity index (χ2v) is 5.17. The molecule has 5 nitrogen and oxygen atoms in total. The molecule has 108 valence electrons. The number of hydrogen-bond donors (Lipinski definition) is 1. The van der Waals surface area contributed by atoms with E-state index in [1.807, 2.05) is 26.0 Å². The van der Waals surface area contributed by atoms with Crippen molar-refractivity contribution in [1.29, 1.82) is 5.26 Å². The Kier molecular flexibility index (Phi) is 4.08. The number of carboxylic acid groups (broad SMARTS) is 1. The normalized spacial score (nSPS) is 11.9. The molecule has 0 saturated heterocycles. The summed E-state index contributed by atoms with van der Waals surface area (Å²) in [6.07, 6.45) is 0.449. The third-order valence-corrected chi connectivity index (χ3v) is 3.59. The maximum atomic E-state index is 11.0. The van der Waals surface area contributed by atoms with E-state index in [4.69, 9.17) is 10.4 Å². The highest BCUT2D eigenvalue weighted by atomic mass is 16.4. The Bertz CT molecular complexity index is 726. The van der Waals surface area contributed by atoms with Gasteiger partial charge in [-0.1, -0.05) is 13.0 Å². The van der Waals surface area contributed by atoms with Crippen LogP contribution in [0.1, 0.15) is 29.4 Å². The number of carboxylic acids is 1. The van der Waals surface area contributed by atoms with Crippen molar-refractivity contribution < 1.29 is 9.90 Å². The molecule has 1 unspecified atom stereocenters. The van der Waals surface area contributed by atoms with E-state index < -0.39 is 11.9 Å². The highest BCUT2D eigenvalue weighted by molar-refractivity contribution is 5.70. The largest absolute Gasteiger partial charge is 0.481 e. The average Bonchev–Trinajstić information content (AvgIpc) is 2.75. The van der Waals surface area contributed by atoms with Crippen molar-refractivity contribution in [3.8, 4) is 11.8 Å². The molecule has 2 aromatic rings. The molecule has 0 aliphatic rings. The van der Waals surface area contributed by atoms with Crippen LogP contribution in [0.4, 0.5) is 0 Å². The van der Waals surface area contributed by atoms with Crippen molar-refractivity contribution in [3.05, 3.63) is 46.8 Å². The second kappa shape index (κ2) is 5.80. The standard InChI is InChI=1S/C16H17N3O2/c1-10(16(20)21)7-15-11(2)18-19(12(15)3)14-6-4-5-13(8-14)9-17/h4-6,8,10H,7H2,1-3H3,(H,20,21). The van der Waals surface area contributed by atoms with Crippen LogP contribution in [0.15, 0.2) is 24.3 Å². The number of benzene rings is 1. The highest BCUT2D eigenvalue weighted by Gasteiger charge is 2.19. The van der Waals surface area contributed by atoms with Gasteiger partial charge >= 0.3 is 5.97 Å². The predicted molar refractivity (Wildman–Crippen MR) is 78.3 cm³/mol. The molecular formula is C16H17N3O2. The SMILES string of the molecule is Cc1nn(-c2cccc(C#N)c2)c(C)c1CC(C)C(=O)O. The van der Waals surface area contributed by atoms with Crippen LogP contribution in [0, 0.1) is 31.1 Å². The summed E-state index contributed by atoms with van der Waals surface area (Å²) in [7, 11) is 0. The van der Waals surface area contributed by atoms with Gasteiger partial charge in [0, 0.05) is 5.69 Å². The first-order valence-electron chi connectivity index (χ1n) is 6.72. The molecule has 21 heavy (non-hydrogen) atoms. The molecule has 1 heterocycles. The van der Waals surface area contributed by atoms with E-state index in [1.54, 1.807) is 23.7 Å². The summed E-state index contributed by atoms with van der Waals surface area (Å²) in [5.74, 6) is -1.27. The Morgan fingerprint density at radius 2 is 2.19 bits per heavy atom. The topological polar surface area (TPSA) is 78.9 Å². The van der Waals surface area contributed by atoms with Crippen LogP contribution in [0.25, 0.3) is 5.69 Å². The van der Waals surface area contributed by atoms with E-state index in [-0.39, 0.29) is 0 Å². The quantitative estimate of drug-likeness (QED) is 0.935. The van der Waals surface area contributed by atoms with Gasteiger partial charge in [-0.3, -0.25) is 4.79 Å². The summed E-state index contributed by atoms with van der Waals surface area (Å²) in [5, 5.41) is 22.5. The van der Waals surface area contributed by atoms with Gasteiger partial charge in [-0.25, -0.2) is 4.68 Å². The third-order valence-electron chi connectivity index (χ3n) is 3.59. The van der Waals surface area contributed by atoms with E-state index in [2.05, 4.69) is 11.2 Å². The van der Waals surface area contributed by atoms with Gasteiger partial charge in [0.1, 0.15) is 0 Å². The number of aliphatic carboxylic acids is 1. The molecule has 0 aliphatic heterocycles. The lowest BCUT2D eigenvalue weighted by Crippen LogP contribution is -2.13. The molecule has 1 atom stereocenters. The minimum Gasteiger partial charge on any atom is -0.481 e. The molecule has 1 N–H and O–H groups in total. The first-order chi connectivity index (χ1) is 9.93. The van der Waals surface area contributed by atoms with Gasteiger partial charge in [0.05, 0.1) is 28.9 Å². The molecule has 0 saturated carbocycles. The Morgan fingerprint density at radius 1 is 1.48 bits per heavy atom. The van der Waals surface area contributed by atoms with E-state index in [0.29, 0.717) is 12.0 Å². The van der Waals surface area contributed by atoms with Gasteiger partial charge in [0.25, 0.3) is 0 Å². The Labute approximate surface area is 123 Å². The fourth-order valence-electron chi connectivity index (χ4n) is 2.32. The zero-order chi connectivity index (χ0) is 15.6. The number of rotatable bonds is 4. The predicted octanol–water partition coefficient (Wildman–Crippen LogP) is 2.62. The zero-order valence-corrected chi connectivity index (χ0v) is 12.3. The molecule has 0 radical (unpaired) electrons. The molecule has 0 fully saturated rings. The summed E-state index contributed by atoms with van der Waals surface area (Å²) in [4.78, 5) is 11.0. The molecular weight excluding hydrogens is 266 g/mol. The molecule has 5 heteroatoms. The molecule has 1 aromatic heterocycles. The van der Waals surface area contributed by atoms with Gasteiger partial charge in [0.2, 0.25) is 0 Å². The first kappa shape index (κ1) is 14.8. The number of nitriles is 1. The smallest absolute Gasteiger partial charge is 0.306 e. The van der Waals surface area contributed by atoms with Crippen molar-refractivity contribution >= 4 is 5.97 Å². The highest BCUT2D eigenvalue weighted by Crippen LogP contribution is 2.21. The lowest BCUT2D eigenvalue weighted by Gasteiger charge is -2.08. The van der Waals surface area contributed by atoms with Crippen LogP contribution in [-0.4, -0.2) is 20.9 Å². The van der Waals surface area contributed by atoms with Crippen molar-refractivity contribution in [2.45, 2.75) is 27.2 Å². The number of aromatic nitrogens is 2. The van der Waals surface area contributed by atoms with Crippen molar-refractivity contribution in [1.82, 2.24) is 9.78 Å². The van der Waals surface area contributed by atoms with Crippen LogP contribution >= 0.6 is 0 Å². The fourth-order valence-corrected chi connectivity index (χ4v) is 2.32. The zero-order valence-electron chi connectivity index (χ0n) is 12.3. The van der Waals surface area contributed by atoms with E-state index in [9.17, 15) is 4.79 Å². The van der Waals surface area contributed by atoms with Gasteiger partial charge in [-0.2, -0.15) is 10.4 Å². The van der Waals surface area contributed by atoms with E-state index in [0.717, 1.165) is 22.6 Å². The Morgan fingerprint density at radius 3 is 2.81 bits per heavy atom. The number of aryl methyl sites for hydroxylation is 1. The van der Waals surface area contributed by atoms with E-state index >= 15 is 0 Å². The summed E-state index contributed by atoms with van der Waals surface area (Å²) >= 11 is 0. The molecule has 0 aliphatic carbocycles. The van der Waals surface area contributed by atoms with Crippen LogP contribution in [0.3, 0.4) is 0 Å². The van der Waals surface area contributed by atoms with E-state index in [1.165, 1.54) is 0 Å². The van der Waals surface area contributed by atoms with Crippen molar-refractivity contribution in [2.24, 2.45) is 5.92 Å². The summed E-state index contributed by atoms with van der Waals surface area (Å²) in [6.45, 7) is 5.49. The van der Waals surface area contributed by atoms with Crippen molar-refractivity contribution in [2.75, 3.05) is 0 Å². The Hall–Kier alpha value is -2.61. The van der Waals surface area contributed by atoms with Gasteiger partial charge in [0.15, 0.2) is 0 Å². The molecule has 1 aromatic carbocycles. The Balaban J connectivity index is 2.43. The van der Waals surface area contributed by atoms with Crippen LogP contribution in [-0.2, 0) is 11.2 Å². The van der Waals surface area contributed by atoms with Crippen LogP contribution in [0.5, 0.6) is 0 Å². The molecule has 2 rings (SSSR count). The van der Waals surface area contributed by atoms with Gasteiger partial charge in [-0.15, -0.1) is 0 Å². The monoisotopic (exact) mass is 283 g/mol. The van der Waals surface area contributed by atoms with Crippen LogP contribution in [0.2, 0.25) is 0 Å². The summed E-state index contributed by atoms with van der Waals surface area (Å²) < 4.78 is 1.76. The summed E-state index contributed by atoms with van der Waals surface area (Å²) in [6, 6.07) is 9.30. The van der Waals surface area contributed by atoms with Crippen LogP contribution < -0.4 is 0 Å². The molecule has 0 spiro atoms. The first-order valence-corrected chi connectivity index (χ1v) is 6.72. The number of hydrogen-bond acceptors (Lipinski definition) is 3. The number of nitrogens with zero attached hydrogens (tertiary/aromatic N) is 3.